The Morgan fingerprint density at radius 1 is 1.37 bits per heavy atom. The predicted molar refractivity (Wildman–Crippen MR) is 97.5 cm³/mol. The third-order valence-corrected chi connectivity index (χ3v) is 4.73. The van der Waals surface area contributed by atoms with Crippen LogP contribution in [-0.4, -0.2) is 43.4 Å². The normalized spacial score (nSPS) is 19.1. The molecule has 9 heteroatoms. The first-order valence-electron chi connectivity index (χ1n) is 8.96. The number of amides is 1. The zero-order valence-electron chi connectivity index (χ0n) is 15.0. The molecule has 1 saturated carbocycles. The molecule has 1 aliphatic carbocycles. The van der Waals surface area contributed by atoms with Crippen molar-refractivity contribution in [2.75, 3.05) is 11.9 Å². The van der Waals surface area contributed by atoms with Crippen molar-refractivity contribution in [3.63, 3.8) is 0 Å². The highest BCUT2D eigenvalue weighted by molar-refractivity contribution is 5.91. The van der Waals surface area contributed by atoms with Gasteiger partial charge in [-0.1, -0.05) is 5.16 Å². The highest BCUT2D eigenvalue weighted by Gasteiger charge is 2.25. The molecule has 0 bridgehead atoms. The smallest absolute Gasteiger partial charge is 0.289 e. The van der Waals surface area contributed by atoms with Crippen molar-refractivity contribution in [1.82, 2.24) is 30.2 Å². The molecule has 140 valence electrons. The summed E-state index contributed by atoms with van der Waals surface area (Å²) in [5.74, 6) is 1.32. The lowest BCUT2D eigenvalue weighted by Crippen LogP contribution is -2.28. The largest absolute Gasteiger partial charge is 0.367 e. The van der Waals surface area contributed by atoms with Crippen LogP contribution in [0.4, 0.5) is 5.82 Å². The summed E-state index contributed by atoms with van der Waals surface area (Å²) in [6, 6.07) is 5.89. The second-order valence-electron chi connectivity index (χ2n) is 6.80. The van der Waals surface area contributed by atoms with Gasteiger partial charge in [0.2, 0.25) is 5.76 Å². The van der Waals surface area contributed by atoms with Crippen LogP contribution in [0.1, 0.15) is 35.5 Å². The van der Waals surface area contributed by atoms with Gasteiger partial charge in [-0.2, -0.15) is 5.10 Å². The van der Waals surface area contributed by atoms with Crippen LogP contribution in [0.5, 0.6) is 0 Å². The van der Waals surface area contributed by atoms with E-state index in [-0.39, 0.29) is 11.7 Å². The summed E-state index contributed by atoms with van der Waals surface area (Å²) >= 11 is 0. The molecule has 3 heterocycles. The van der Waals surface area contributed by atoms with Crippen LogP contribution in [0.2, 0.25) is 0 Å². The van der Waals surface area contributed by atoms with Gasteiger partial charge >= 0.3 is 0 Å². The van der Waals surface area contributed by atoms with Gasteiger partial charge in [-0.15, -0.1) is 0 Å². The number of nitrogens with one attached hydrogen (secondary N) is 2. The summed E-state index contributed by atoms with van der Waals surface area (Å²) in [6.45, 7) is 2.43. The molecule has 1 amide bonds. The Morgan fingerprint density at radius 3 is 3.00 bits per heavy atom. The zero-order valence-corrected chi connectivity index (χ0v) is 15.0. The van der Waals surface area contributed by atoms with E-state index < -0.39 is 0 Å². The van der Waals surface area contributed by atoms with Crippen molar-refractivity contribution in [3.8, 4) is 5.69 Å². The Labute approximate surface area is 156 Å². The topological polar surface area (TPSA) is 111 Å². The van der Waals surface area contributed by atoms with Crippen molar-refractivity contribution >= 4 is 11.7 Å². The van der Waals surface area contributed by atoms with E-state index in [2.05, 4.69) is 30.9 Å². The molecule has 2 atom stereocenters. The minimum absolute atomic E-state index is 0.211. The molecule has 3 aromatic rings. The maximum absolute atomic E-state index is 12.0. The number of pyridine rings is 1. The number of hydrogen-bond acceptors (Lipinski definition) is 7. The van der Waals surface area contributed by atoms with Gasteiger partial charge in [-0.25, -0.2) is 14.6 Å². The monoisotopic (exact) mass is 367 g/mol. The second kappa shape index (κ2) is 7.56. The molecule has 0 aromatic carbocycles. The van der Waals surface area contributed by atoms with Crippen molar-refractivity contribution in [3.05, 3.63) is 48.5 Å². The molecule has 0 unspecified atom stereocenters. The third-order valence-electron chi connectivity index (χ3n) is 4.73. The maximum Gasteiger partial charge on any atom is 0.289 e. The molecule has 4 rings (SSSR count). The first-order valence-corrected chi connectivity index (χ1v) is 8.96. The van der Waals surface area contributed by atoms with Crippen LogP contribution >= 0.6 is 0 Å². The minimum atomic E-state index is -0.211. The van der Waals surface area contributed by atoms with E-state index in [0.29, 0.717) is 24.2 Å². The Kier molecular flexibility index (Phi) is 4.82. The SMILES string of the molecule is Cc1cc(C(=O)NC[C@@H]2CC[C@H](Nc3ccc(-n4cncn4)cn3)C2)on1. The van der Waals surface area contributed by atoms with E-state index in [1.807, 2.05) is 12.1 Å². The van der Waals surface area contributed by atoms with Gasteiger partial charge < -0.3 is 15.2 Å². The van der Waals surface area contributed by atoms with E-state index in [9.17, 15) is 4.79 Å². The summed E-state index contributed by atoms with van der Waals surface area (Å²) in [7, 11) is 0. The Morgan fingerprint density at radius 2 is 2.30 bits per heavy atom. The molecule has 0 saturated heterocycles. The minimum Gasteiger partial charge on any atom is -0.367 e. The number of aromatic nitrogens is 5. The average molecular weight is 367 g/mol. The number of carbonyl (C=O) groups excluding carboxylic acids is 1. The van der Waals surface area contributed by atoms with Crippen LogP contribution in [0.3, 0.4) is 0 Å². The van der Waals surface area contributed by atoms with Gasteiger partial charge in [0.25, 0.3) is 5.91 Å². The van der Waals surface area contributed by atoms with Crippen molar-refractivity contribution in [1.29, 1.82) is 0 Å². The molecular formula is C18H21N7O2. The standard InChI is InChI=1S/C18H21N7O2/c1-12-6-16(27-24-12)18(26)21-8-13-2-3-14(7-13)23-17-5-4-15(9-20-17)25-11-19-10-22-25/h4-6,9-11,13-14H,2-3,7-8H2,1H3,(H,20,23)(H,21,26)/t13-,14+/m1/s1. The molecule has 2 N–H and O–H groups in total. The summed E-state index contributed by atoms with van der Waals surface area (Å²) in [5, 5.41) is 14.2. The van der Waals surface area contributed by atoms with Crippen LogP contribution in [0.25, 0.3) is 5.69 Å². The van der Waals surface area contributed by atoms with Crippen LogP contribution in [0, 0.1) is 12.8 Å². The number of carbonyl (C=O) groups is 1. The number of rotatable bonds is 6. The van der Waals surface area contributed by atoms with Crippen molar-refractivity contribution in [2.24, 2.45) is 5.92 Å². The maximum atomic E-state index is 12.0. The van der Waals surface area contributed by atoms with E-state index in [0.717, 1.165) is 30.8 Å². The van der Waals surface area contributed by atoms with Crippen LogP contribution in [-0.2, 0) is 0 Å². The molecule has 0 spiro atoms. The lowest BCUT2D eigenvalue weighted by atomic mass is 10.1. The predicted octanol–water partition coefficient (Wildman–Crippen LogP) is 1.97. The summed E-state index contributed by atoms with van der Waals surface area (Å²) in [4.78, 5) is 20.4. The Bertz CT molecular complexity index is 889. The van der Waals surface area contributed by atoms with E-state index in [1.54, 1.807) is 30.2 Å². The van der Waals surface area contributed by atoms with Crippen molar-refractivity contribution < 1.29 is 9.32 Å². The van der Waals surface area contributed by atoms with Crippen LogP contribution < -0.4 is 10.6 Å². The molecule has 27 heavy (non-hydrogen) atoms. The third kappa shape index (κ3) is 4.13. The molecule has 9 nitrogen and oxygen atoms in total. The van der Waals surface area contributed by atoms with E-state index in [4.69, 9.17) is 4.52 Å². The van der Waals surface area contributed by atoms with Crippen LogP contribution in [0.15, 0.2) is 41.6 Å². The molecule has 1 fully saturated rings. The second-order valence-corrected chi connectivity index (χ2v) is 6.80. The highest BCUT2D eigenvalue weighted by Crippen LogP contribution is 2.27. The fourth-order valence-electron chi connectivity index (χ4n) is 3.34. The summed E-state index contributed by atoms with van der Waals surface area (Å²) in [6.07, 6.45) is 8.00. The van der Waals surface area contributed by atoms with Gasteiger partial charge in [0.05, 0.1) is 17.6 Å². The summed E-state index contributed by atoms with van der Waals surface area (Å²) in [5.41, 5.74) is 1.57. The molecule has 0 aliphatic heterocycles. The number of hydrogen-bond donors (Lipinski definition) is 2. The average Bonchev–Trinajstić information content (AvgIpc) is 3.42. The molecule has 0 radical (unpaired) electrons. The summed E-state index contributed by atoms with van der Waals surface area (Å²) < 4.78 is 6.65. The van der Waals surface area contributed by atoms with Gasteiger partial charge in [-0.3, -0.25) is 4.79 Å². The quantitative estimate of drug-likeness (QED) is 0.685. The molecule has 3 aromatic heterocycles. The van der Waals surface area contributed by atoms with Gasteiger partial charge in [0.15, 0.2) is 0 Å². The molecular weight excluding hydrogens is 346 g/mol. The lowest BCUT2D eigenvalue weighted by molar-refractivity contribution is 0.0910. The van der Waals surface area contributed by atoms with Gasteiger partial charge in [-0.05, 0) is 44.2 Å². The highest BCUT2D eigenvalue weighted by atomic mass is 16.5. The first kappa shape index (κ1) is 17.2. The van der Waals surface area contributed by atoms with E-state index >= 15 is 0 Å². The number of aryl methyl sites for hydroxylation is 1. The van der Waals surface area contributed by atoms with E-state index in [1.165, 1.54) is 6.33 Å². The Balaban J connectivity index is 1.25. The zero-order chi connectivity index (χ0) is 18.6. The van der Waals surface area contributed by atoms with Gasteiger partial charge in [0, 0.05) is 18.7 Å². The number of nitrogens with zero attached hydrogens (tertiary/aromatic N) is 5. The van der Waals surface area contributed by atoms with Crippen molar-refractivity contribution in [2.45, 2.75) is 32.2 Å². The first-order chi connectivity index (χ1) is 13.2. The molecule has 1 aliphatic rings. The van der Waals surface area contributed by atoms with Gasteiger partial charge in [0.1, 0.15) is 18.5 Å². The Hall–Kier alpha value is -3.23. The fraction of sp³-hybridized carbons (Fsp3) is 0.389. The number of anilines is 1. The lowest BCUT2D eigenvalue weighted by Gasteiger charge is -2.14. The fourth-order valence-corrected chi connectivity index (χ4v) is 3.34.